The third-order valence-electron chi connectivity index (χ3n) is 6.26. The molecule has 0 aliphatic rings. The Balaban J connectivity index is 1.81. The second-order valence-electron chi connectivity index (χ2n) is 8.70. The summed E-state index contributed by atoms with van der Waals surface area (Å²) >= 11 is 0. The van der Waals surface area contributed by atoms with Gasteiger partial charge in [0.25, 0.3) is 0 Å². The number of fused-ring (bicyclic) bond motifs is 2. The molecule has 0 atom stereocenters. The molecule has 0 saturated heterocycles. The first kappa shape index (κ1) is 26.1. The van der Waals surface area contributed by atoms with Gasteiger partial charge in [-0.3, -0.25) is 4.57 Å². The summed E-state index contributed by atoms with van der Waals surface area (Å²) in [5.74, 6) is 0. The van der Waals surface area contributed by atoms with Crippen LogP contribution in [0, 0.1) is 0 Å². The molecule has 0 radical (unpaired) electrons. The van der Waals surface area contributed by atoms with Gasteiger partial charge in [0.05, 0.1) is 24.3 Å². The minimum atomic E-state index is -4.46. The zero-order valence-corrected chi connectivity index (χ0v) is 21.7. The van der Waals surface area contributed by atoms with Crippen LogP contribution >= 0.6 is 7.60 Å². The van der Waals surface area contributed by atoms with Crippen LogP contribution in [0.2, 0.25) is 0 Å². The van der Waals surface area contributed by atoms with Gasteiger partial charge in [0.15, 0.2) is 5.44 Å². The molecule has 0 N–H and O–H groups in total. The van der Waals surface area contributed by atoms with E-state index in [-0.39, 0.29) is 18.6 Å². The van der Waals surface area contributed by atoms with E-state index in [0.717, 1.165) is 28.5 Å². The van der Waals surface area contributed by atoms with Crippen molar-refractivity contribution in [2.45, 2.75) is 20.0 Å². The molecule has 1 aromatic heterocycles. The van der Waals surface area contributed by atoms with Crippen molar-refractivity contribution < 1.29 is 26.8 Å². The van der Waals surface area contributed by atoms with Crippen LogP contribution in [-0.4, -0.2) is 18.2 Å². The number of nitrogens with zero attached hydrogens (tertiary/aromatic N) is 1. The lowest BCUT2D eigenvalue weighted by Crippen LogP contribution is -2.14. The quantitative estimate of drug-likeness (QED) is 0.196. The van der Waals surface area contributed by atoms with E-state index >= 15 is 0 Å². The van der Waals surface area contributed by atoms with Crippen LogP contribution in [-0.2, 0) is 19.8 Å². The van der Waals surface area contributed by atoms with Crippen LogP contribution < -0.4 is 5.44 Å². The van der Waals surface area contributed by atoms with Crippen molar-refractivity contribution in [3.05, 3.63) is 96.6 Å². The van der Waals surface area contributed by atoms with Crippen molar-refractivity contribution in [1.29, 1.82) is 0 Å². The minimum absolute atomic E-state index is 0.182. The Morgan fingerprint density at radius 1 is 0.737 bits per heavy atom. The van der Waals surface area contributed by atoms with Gasteiger partial charge in [-0.1, -0.05) is 60.7 Å². The molecular formula is C30H25F3NO3P. The summed E-state index contributed by atoms with van der Waals surface area (Å²) in [4.78, 5) is 4.77. The molecule has 5 rings (SSSR count). The van der Waals surface area contributed by atoms with Crippen molar-refractivity contribution in [1.82, 2.24) is 4.98 Å². The Morgan fingerprint density at radius 2 is 1.45 bits per heavy atom. The number of halogens is 3. The van der Waals surface area contributed by atoms with E-state index in [1.165, 1.54) is 6.07 Å². The Labute approximate surface area is 218 Å². The molecule has 0 unspecified atom stereocenters. The van der Waals surface area contributed by atoms with Crippen LogP contribution in [0.1, 0.15) is 19.4 Å². The lowest BCUT2D eigenvalue weighted by molar-refractivity contribution is -0.137. The third-order valence-corrected chi connectivity index (χ3v) is 8.27. The summed E-state index contributed by atoms with van der Waals surface area (Å²) in [6.45, 7) is 3.83. The number of aromatic nitrogens is 1. The highest BCUT2D eigenvalue weighted by atomic mass is 31.2. The summed E-state index contributed by atoms with van der Waals surface area (Å²) in [5, 5.41) is 2.65. The predicted molar refractivity (Wildman–Crippen MR) is 146 cm³/mol. The largest absolute Gasteiger partial charge is 0.416 e. The minimum Gasteiger partial charge on any atom is -0.304 e. The molecule has 0 aliphatic heterocycles. The van der Waals surface area contributed by atoms with Crippen molar-refractivity contribution >= 4 is 34.7 Å². The van der Waals surface area contributed by atoms with E-state index in [2.05, 4.69) is 0 Å². The SMILES string of the molecule is CCOP(=O)(OCC)c1ccc2cc(-c3cccc(C(F)(F)F)c3)cc(-c3cccc4ccccc34)c2n1. The molecule has 38 heavy (non-hydrogen) atoms. The summed E-state index contributed by atoms with van der Waals surface area (Å²) < 4.78 is 65.0. The normalized spacial score (nSPS) is 12.3. The Hall–Kier alpha value is -3.51. The van der Waals surface area contributed by atoms with Crippen LogP contribution in [0.5, 0.6) is 0 Å². The number of rotatable bonds is 7. The average molecular weight is 536 g/mol. The maximum absolute atomic E-state index is 13.5. The van der Waals surface area contributed by atoms with Gasteiger partial charge in [-0.15, -0.1) is 0 Å². The molecule has 0 amide bonds. The molecule has 0 bridgehead atoms. The van der Waals surface area contributed by atoms with Crippen molar-refractivity contribution in [2.75, 3.05) is 13.2 Å². The van der Waals surface area contributed by atoms with Gasteiger partial charge in [-0.2, -0.15) is 13.2 Å². The summed E-state index contributed by atoms with van der Waals surface area (Å²) in [6.07, 6.45) is -4.46. The topological polar surface area (TPSA) is 48.4 Å². The number of alkyl halides is 3. The Kier molecular flexibility index (Phi) is 7.10. The maximum atomic E-state index is 13.5. The Bertz CT molecular complexity index is 1670. The molecular weight excluding hydrogens is 510 g/mol. The predicted octanol–water partition coefficient (Wildman–Crippen LogP) is 8.63. The van der Waals surface area contributed by atoms with E-state index in [4.69, 9.17) is 14.0 Å². The van der Waals surface area contributed by atoms with Crippen molar-refractivity contribution in [2.24, 2.45) is 0 Å². The van der Waals surface area contributed by atoms with Crippen LogP contribution in [0.15, 0.2) is 91.0 Å². The number of pyridine rings is 1. The van der Waals surface area contributed by atoms with E-state index < -0.39 is 19.3 Å². The smallest absolute Gasteiger partial charge is 0.304 e. The van der Waals surface area contributed by atoms with E-state index in [1.807, 2.05) is 48.5 Å². The van der Waals surface area contributed by atoms with Gasteiger partial charge < -0.3 is 9.05 Å². The van der Waals surface area contributed by atoms with E-state index in [1.54, 1.807) is 38.1 Å². The maximum Gasteiger partial charge on any atom is 0.416 e. The number of benzene rings is 4. The number of hydrogen-bond acceptors (Lipinski definition) is 4. The zero-order valence-electron chi connectivity index (χ0n) is 20.8. The summed E-state index contributed by atoms with van der Waals surface area (Å²) in [5.41, 5.74) is 2.61. The first-order chi connectivity index (χ1) is 18.2. The fourth-order valence-corrected chi connectivity index (χ4v) is 6.09. The molecule has 0 aliphatic carbocycles. The van der Waals surface area contributed by atoms with Gasteiger partial charge in [-0.25, -0.2) is 4.98 Å². The van der Waals surface area contributed by atoms with Crippen molar-refractivity contribution in [3.8, 4) is 22.3 Å². The summed E-state index contributed by atoms with van der Waals surface area (Å²) in [7, 11) is -3.67. The second kappa shape index (κ2) is 10.3. The first-order valence-electron chi connectivity index (χ1n) is 12.2. The lowest BCUT2D eigenvalue weighted by Gasteiger charge is -2.18. The fraction of sp³-hybridized carbons (Fsp3) is 0.167. The van der Waals surface area contributed by atoms with Gasteiger partial charge in [0.2, 0.25) is 0 Å². The highest BCUT2D eigenvalue weighted by molar-refractivity contribution is 7.61. The molecule has 0 spiro atoms. The van der Waals surface area contributed by atoms with Crippen LogP contribution in [0.4, 0.5) is 13.2 Å². The average Bonchev–Trinajstić information content (AvgIpc) is 2.92. The van der Waals surface area contributed by atoms with Crippen molar-refractivity contribution in [3.63, 3.8) is 0 Å². The van der Waals surface area contributed by atoms with Gasteiger partial charge in [0.1, 0.15) is 0 Å². The fourth-order valence-electron chi connectivity index (χ4n) is 4.59. The molecule has 194 valence electrons. The molecule has 5 aromatic rings. The molecule has 1 heterocycles. The van der Waals surface area contributed by atoms with E-state index in [0.29, 0.717) is 27.6 Å². The highest BCUT2D eigenvalue weighted by Gasteiger charge is 2.31. The monoisotopic (exact) mass is 535 g/mol. The standard InChI is InChI=1S/C30H25F3NO3P/c1-3-36-38(35,37-4-2)28-16-15-22-17-23(21-11-7-12-24(18-21)30(31,32)33)19-27(29(22)34-28)26-14-8-10-20-9-5-6-13-25(20)26/h5-19H,3-4H2,1-2H3. The highest BCUT2D eigenvalue weighted by Crippen LogP contribution is 2.47. The van der Waals surface area contributed by atoms with Crippen LogP contribution in [0.25, 0.3) is 43.9 Å². The first-order valence-corrected chi connectivity index (χ1v) is 13.8. The van der Waals surface area contributed by atoms with Gasteiger partial charge in [0, 0.05) is 10.9 Å². The Morgan fingerprint density at radius 3 is 2.18 bits per heavy atom. The molecule has 8 heteroatoms. The summed E-state index contributed by atoms with van der Waals surface area (Å²) in [6, 6.07) is 26.0. The van der Waals surface area contributed by atoms with Gasteiger partial charge >= 0.3 is 13.8 Å². The number of hydrogen-bond donors (Lipinski definition) is 0. The van der Waals surface area contributed by atoms with Gasteiger partial charge in [-0.05, 0) is 71.6 Å². The van der Waals surface area contributed by atoms with E-state index in [9.17, 15) is 17.7 Å². The molecule has 0 saturated carbocycles. The molecule has 0 fully saturated rings. The second-order valence-corrected chi connectivity index (χ2v) is 10.7. The molecule has 4 aromatic carbocycles. The lowest BCUT2D eigenvalue weighted by atomic mass is 9.92. The zero-order chi connectivity index (χ0) is 26.9. The third kappa shape index (κ3) is 4.97. The van der Waals surface area contributed by atoms with Crippen LogP contribution in [0.3, 0.4) is 0 Å². The molecule has 4 nitrogen and oxygen atoms in total.